The molecule has 3 N–H and O–H groups in total. The SMILES string of the molecule is Cc1cc(C)cc(C(CCc2ccsc2)NN)c1. The Kier molecular flexibility index (Phi) is 4.53. The number of hydrogen-bond acceptors (Lipinski definition) is 3. The van der Waals surface area contributed by atoms with E-state index >= 15 is 0 Å². The van der Waals surface area contributed by atoms with E-state index in [1.165, 1.54) is 22.3 Å². The summed E-state index contributed by atoms with van der Waals surface area (Å²) in [5.41, 5.74) is 8.20. The molecule has 2 aromatic rings. The molecule has 96 valence electrons. The lowest BCUT2D eigenvalue weighted by molar-refractivity contribution is 0.516. The second kappa shape index (κ2) is 6.14. The molecule has 2 rings (SSSR count). The summed E-state index contributed by atoms with van der Waals surface area (Å²) in [7, 11) is 0. The summed E-state index contributed by atoms with van der Waals surface area (Å²) < 4.78 is 0. The van der Waals surface area contributed by atoms with Crippen LogP contribution in [0.25, 0.3) is 0 Å². The summed E-state index contributed by atoms with van der Waals surface area (Å²) in [4.78, 5) is 0. The van der Waals surface area contributed by atoms with Gasteiger partial charge in [-0.3, -0.25) is 11.3 Å². The van der Waals surface area contributed by atoms with Gasteiger partial charge in [-0.25, -0.2) is 0 Å². The minimum absolute atomic E-state index is 0.225. The number of rotatable bonds is 5. The van der Waals surface area contributed by atoms with Crippen molar-refractivity contribution in [3.63, 3.8) is 0 Å². The number of aryl methyl sites for hydroxylation is 3. The zero-order valence-electron chi connectivity index (χ0n) is 10.9. The number of hydrogen-bond donors (Lipinski definition) is 2. The van der Waals surface area contributed by atoms with Gasteiger partial charge >= 0.3 is 0 Å². The van der Waals surface area contributed by atoms with Crippen LogP contribution in [0.4, 0.5) is 0 Å². The summed E-state index contributed by atoms with van der Waals surface area (Å²) in [6.07, 6.45) is 2.08. The summed E-state index contributed by atoms with van der Waals surface area (Å²) in [6.45, 7) is 4.26. The highest BCUT2D eigenvalue weighted by Crippen LogP contribution is 2.21. The van der Waals surface area contributed by atoms with Crippen molar-refractivity contribution < 1.29 is 0 Å². The second-order valence-corrected chi connectivity index (χ2v) is 5.59. The minimum Gasteiger partial charge on any atom is -0.271 e. The summed E-state index contributed by atoms with van der Waals surface area (Å²) in [6, 6.07) is 9.02. The first-order valence-corrected chi connectivity index (χ1v) is 7.18. The standard InChI is InChI=1S/C15H20N2S/c1-11-7-12(2)9-14(8-11)15(17-16)4-3-13-5-6-18-10-13/h5-10,15,17H,3-4,16H2,1-2H3. The zero-order chi connectivity index (χ0) is 13.0. The van der Waals surface area contributed by atoms with Gasteiger partial charge in [0.05, 0.1) is 0 Å². The van der Waals surface area contributed by atoms with Crippen LogP contribution in [-0.4, -0.2) is 0 Å². The van der Waals surface area contributed by atoms with Crippen molar-refractivity contribution >= 4 is 11.3 Å². The highest BCUT2D eigenvalue weighted by Gasteiger charge is 2.10. The average molecular weight is 260 g/mol. The highest BCUT2D eigenvalue weighted by atomic mass is 32.1. The molecule has 1 aromatic heterocycles. The number of hydrazine groups is 1. The van der Waals surface area contributed by atoms with Crippen LogP contribution < -0.4 is 11.3 Å². The number of thiophene rings is 1. The summed E-state index contributed by atoms with van der Waals surface area (Å²) in [5, 5.41) is 4.33. The molecule has 1 atom stereocenters. The Hall–Kier alpha value is -1.16. The van der Waals surface area contributed by atoms with Crippen LogP contribution in [-0.2, 0) is 6.42 Å². The van der Waals surface area contributed by atoms with E-state index in [9.17, 15) is 0 Å². The van der Waals surface area contributed by atoms with Gasteiger partial charge in [0.1, 0.15) is 0 Å². The zero-order valence-corrected chi connectivity index (χ0v) is 11.8. The number of nitrogens with two attached hydrogens (primary N) is 1. The molecule has 0 aliphatic carbocycles. The van der Waals surface area contributed by atoms with E-state index in [-0.39, 0.29) is 6.04 Å². The lowest BCUT2D eigenvalue weighted by atomic mass is 9.97. The molecule has 0 saturated heterocycles. The minimum atomic E-state index is 0.225. The third kappa shape index (κ3) is 3.42. The van der Waals surface area contributed by atoms with Crippen LogP contribution in [0.2, 0.25) is 0 Å². The molecule has 1 heterocycles. The normalized spacial score (nSPS) is 12.6. The highest BCUT2D eigenvalue weighted by molar-refractivity contribution is 7.07. The van der Waals surface area contributed by atoms with Gasteiger partial charge in [-0.1, -0.05) is 29.3 Å². The maximum atomic E-state index is 5.70. The van der Waals surface area contributed by atoms with Crippen molar-refractivity contribution in [1.82, 2.24) is 5.43 Å². The van der Waals surface area contributed by atoms with E-state index in [1.807, 2.05) is 0 Å². The van der Waals surface area contributed by atoms with E-state index in [2.05, 4.69) is 54.3 Å². The van der Waals surface area contributed by atoms with Gasteiger partial charge in [-0.2, -0.15) is 11.3 Å². The van der Waals surface area contributed by atoms with Crippen molar-refractivity contribution in [2.75, 3.05) is 0 Å². The molecule has 0 amide bonds. The molecule has 18 heavy (non-hydrogen) atoms. The predicted molar refractivity (Wildman–Crippen MR) is 78.6 cm³/mol. The van der Waals surface area contributed by atoms with Crippen LogP contribution in [0.1, 0.15) is 34.7 Å². The van der Waals surface area contributed by atoms with Crippen LogP contribution in [0, 0.1) is 13.8 Å². The van der Waals surface area contributed by atoms with Crippen molar-refractivity contribution in [3.8, 4) is 0 Å². The Bertz CT molecular complexity index is 471. The molecule has 0 aliphatic heterocycles. The predicted octanol–water partition coefficient (Wildman–Crippen LogP) is 3.50. The Morgan fingerprint density at radius 1 is 1.22 bits per heavy atom. The number of benzene rings is 1. The molecular formula is C15H20N2S. The lowest BCUT2D eigenvalue weighted by Gasteiger charge is -2.17. The first kappa shape index (κ1) is 13.3. The van der Waals surface area contributed by atoms with Crippen LogP contribution >= 0.6 is 11.3 Å². The van der Waals surface area contributed by atoms with Gasteiger partial charge in [0.2, 0.25) is 0 Å². The summed E-state index contributed by atoms with van der Waals surface area (Å²) in [5.74, 6) is 5.70. The smallest absolute Gasteiger partial charge is 0.0463 e. The van der Waals surface area contributed by atoms with E-state index in [4.69, 9.17) is 5.84 Å². The van der Waals surface area contributed by atoms with Gasteiger partial charge in [0.25, 0.3) is 0 Å². The van der Waals surface area contributed by atoms with Crippen molar-refractivity contribution in [1.29, 1.82) is 0 Å². The van der Waals surface area contributed by atoms with E-state index in [1.54, 1.807) is 11.3 Å². The molecule has 0 radical (unpaired) electrons. The lowest BCUT2D eigenvalue weighted by Crippen LogP contribution is -2.28. The molecular weight excluding hydrogens is 240 g/mol. The molecule has 0 fully saturated rings. The van der Waals surface area contributed by atoms with Gasteiger partial charge in [0.15, 0.2) is 0 Å². The Balaban J connectivity index is 2.07. The molecule has 1 aromatic carbocycles. The maximum Gasteiger partial charge on any atom is 0.0463 e. The average Bonchev–Trinajstić information content (AvgIpc) is 2.81. The first-order valence-electron chi connectivity index (χ1n) is 6.24. The fourth-order valence-electron chi connectivity index (χ4n) is 2.30. The molecule has 1 unspecified atom stereocenters. The first-order chi connectivity index (χ1) is 8.69. The molecule has 0 saturated carbocycles. The van der Waals surface area contributed by atoms with Crippen molar-refractivity contribution in [2.45, 2.75) is 32.7 Å². The molecule has 0 spiro atoms. The van der Waals surface area contributed by atoms with Gasteiger partial charge < -0.3 is 0 Å². The van der Waals surface area contributed by atoms with Crippen molar-refractivity contribution in [3.05, 3.63) is 57.3 Å². The molecule has 0 aliphatic rings. The summed E-state index contributed by atoms with van der Waals surface area (Å²) >= 11 is 1.75. The van der Waals surface area contributed by atoms with Crippen LogP contribution in [0.5, 0.6) is 0 Å². The number of nitrogens with one attached hydrogen (secondary N) is 1. The van der Waals surface area contributed by atoms with Gasteiger partial charge in [-0.05, 0) is 54.6 Å². The largest absolute Gasteiger partial charge is 0.271 e. The molecule has 0 bridgehead atoms. The second-order valence-electron chi connectivity index (χ2n) is 4.81. The third-order valence-corrected chi connectivity index (χ3v) is 3.88. The molecule has 3 heteroatoms. The van der Waals surface area contributed by atoms with Crippen molar-refractivity contribution in [2.24, 2.45) is 5.84 Å². The van der Waals surface area contributed by atoms with Gasteiger partial charge in [-0.15, -0.1) is 0 Å². The third-order valence-electron chi connectivity index (χ3n) is 3.15. The Morgan fingerprint density at radius 2 is 1.94 bits per heavy atom. The Morgan fingerprint density at radius 3 is 2.50 bits per heavy atom. The topological polar surface area (TPSA) is 38.0 Å². The van der Waals surface area contributed by atoms with Crippen LogP contribution in [0.3, 0.4) is 0 Å². The fourth-order valence-corrected chi connectivity index (χ4v) is 3.01. The van der Waals surface area contributed by atoms with Crippen LogP contribution in [0.15, 0.2) is 35.0 Å². The van der Waals surface area contributed by atoms with Gasteiger partial charge in [0, 0.05) is 6.04 Å². The Labute approximate surface area is 113 Å². The monoisotopic (exact) mass is 260 g/mol. The van der Waals surface area contributed by atoms with E-state index in [0.29, 0.717) is 0 Å². The molecule has 2 nitrogen and oxygen atoms in total. The quantitative estimate of drug-likeness (QED) is 0.638. The van der Waals surface area contributed by atoms with E-state index < -0.39 is 0 Å². The van der Waals surface area contributed by atoms with E-state index in [0.717, 1.165) is 12.8 Å². The fraction of sp³-hybridized carbons (Fsp3) is 0.333. The maximum absolute atomic E-state index is 5.70.